The van der Waals surface area contributed by atoms with Gasteiger partial charge in [0.2, 0.25) is 0 Å². The summed E-state index contributed by atoms with van der Waals surface area (Å²) in [6.45, 7) is 10.9. The van der Waals surface area contributed by atoms with Crippen molar-refractivity contribution in [2.45, 2.75) is 58.5 Å². The maximum Gasteiger partial charge on any atom is 0.0229 e. The molecule has 3 nitrogen and oxygen atoms in total. The molecule has 20 heavy (non-hydrogen) atoms. The van der Waals surface area contributed by atoms with Gasteiger partial charge in [-0.15, -0.1) is 0 Å². The molecule has 1 saturated heterocycles. The van der Waals surface area contributed by atoms with E-state index in [1.807, 2.05) is 0 Å². The van der Waals surface area contributed by atoms with Crippen molar-refractivity contribution in [1.29, 1.82) is 0 Å². The normalized spacial score (nSPS) is 36.8. The Bertz CT molecular complexity index is 308. The first-order valence-electron chi connectivity index (χ1n) is 8.41. The maximum atomic E-state index is 6.42. The van der Waals surface area contributed by atoms with Crippen LogP contribution >= 0.6 is 0 Å². The second-order valence-electron chi connectivity index (χ2n) is 8.47. The van der Waals surface area contributed by atoms with Crippen molar-refractivity contribution >= 4 is 0 Å². The molecule has 2 rings (SSSR count). The quantitative estimate of drug-likeness (QED) is 0.862. The summed E-state index contributed by atoms with van der Waals surface area (Å²) in [6, 6.07) is 1.17. The monoisotopic (exact) mass is 281 g/mol. The molecule has 0 spiro atoms. The minimum atomic E-state index is 0.423. The minimum absolute atomic E-state index is 0.423. The lowest BCUT2D eigenvalue weighted by Gasteiger charge is -2.42. The van der Waals surface area contributed by atoms with Gasteiger partial charge in [-0.25, -0.2) is 0 Å². The molecule has 2 aliphatic rings. The number of hydrogen-bond acceptors (Lipinski definition) is 3. The molecule has 4 atom stereocenters. The molecule has 1 saturated carbocycles. The summed E-state index contributed by atoms with van der Waals surface area (Å²) in [6.07, 6.45) is 5.19. The Kier molecular flexibility index (Phi) is 5.14. The summed E-state index contributed by atoms with van der Waals surface area (Å²) in [5.41, 5.74) is 6.86. The van der Waals surface area contributed by atoms with E-state index in [1.54, 1.807) is 0 Å². The molecule has 0 aromatic carbocycles. The SMILES string of the molecule is CN(C)C1CCN(CC2CC(C(C)(C)C)CCC2N)C1. The molecule has 0 aromatic rings. The largest absolute Gasteiger partial charge is 0.327 e. The fourth-order valence-corrected chi connectivity index (χ4v) is 4.02. The predicted octanol–water partition coefficient (Wildman–Crippen LogP) is 2.41. The standard InChI is InChI=1S/C17H35N3/c1-17(2,3)14-6-7-16(18)13(10-14)11-20-9-8-15(12-20)19(4)5/h13-16H,6-12,18H2,1-5H3. The van der Waals surface area contributed by atoms with Crippen molar-refractivity contribution in [2.24, 2.45) is 23.0 Å². The average Bonchev–Trinajstić information content (AvgIpc) is 2.79. The van der Waals surface area contributed by atoms with Gasteiger partial charge in [0, 0.05) is 25.2 Å². The highest BCUT2D eigenvalue weighted by Gasteiger charge is 2.36. The highest BCUT2D eigenvalue weighted by atomic mass is 15.2. The second-order valence-corrected chi connectivity index (χ2v) is 8.47. The highest BCUT2D eigenvalue weighted by Crippen LogP contribution is 2.40. The minimum Gasteiger partial charge on any atom is -0.327 e. The number of likely N-dealkylation sites (N-methyl/N-ethyl adjacent to an activating group) is 1. The highest BCUT2D eigenvalue weighted by molar-refractivity contribution is 4.90. The Hall–Kier alpha value is -0.120. The Morgan fingerprint density at radius 3 is 2.40 bits per heavy atom. The topological polar surface area (TPSA) is 32.5 Å². The third-order valence-corrected chi connectivity index (χ3v) is 5.74. The molecule has 4 unspecified atom stereocenters. The molecular formula is C17H35N3. The lowest BCUT2D eigenvalue weighted by Crippen LogP contribution is -2.45. The van der Waals surface area contributed by atoms with Crippen molar-refractivity contribution in [1.82, 2.24) is 9.80 Å². The van der Waals surface area contributed by atoms with Gasteiger partial charge >= 0.3 is 0 Å². The first-order valence-corrected chi connectivity index (χ1v) is 8.41. The molecule has 2 fully saturated rings. The van der Waals surface area contributed by atoms with E-state index < -0.39 is 0 Å². The molecule has 2 N–H and O–H groups in total. The molecule has 0 radical (unpaired) electrons. The molecule has 1 aliphatic heterocycles. The van der Waals surface area contributed by atoms with Gasteiger partial charge in [0.15, 0.2) is 0 Å². The lowest BCUT2D eigenvalue weighted by molar-refractivity contribution is 0.104. The van der Waals surface area contributed by atoms with Gasteiger partial charge in [0.25, 0.3) is 0 Å². The smallest absolute Gasteiger partial charge is 0.0229 e. The maximum absolute atomic E-state index is 6.42. The van der Waals surface area contributed by atoms with E-state index in [9.17, 15) is 0 Å². The van der Waals surface area contributed by atoms with E-state index in [1.165, 1.54) is 45.3 Å². The van der Waals surface area contributed by atoms with Gasteiger partial charge in [-0.1, -0.05) is 20.8 Å². The zero-order valence-electron chi connectivity index (χ0n) is 14.2. The first-order chi connectivity index (χ1) is 9.27. The van der Waals surface area contributed by atoms with E-state index in [-0.39, 0.29) is 0 Å². The van der Waals surface area contributed by atoms with Crippen LogP contribution in [0.3, 0.4) is 0 Å². The Morgan fingerprint density at radius 1 is 1.15 bits per heavy atom. The van der Waals surface area contributed by atoms with E-state index in [0.717, 1.165) is 12.0 Å². The number of rotatable bonds is 3. The van der Waals surface area contributed by atoms with Crippen molar-refractivity contribution in [2.75, 3.05) is 33.7 Å². The molecule has 118 valence electrons. The van der Waals surface area contributed by atoms with Crippen LogP contribution in [0.2, 0.25) is 0 Å². The second kappa shape index (κ2) is 6.33. The number of hydrogen-bond donors (Lipinski definition) is 1. The predicted molar refractivity (Wildman–Crippen MR) is 86.8 cm³/mol. The van der Waals surface area contributed by atoms with Crippen molar-refractivity contribution in [3.63, 3.8) is 0 Å². The number of nitrogens with two attached hydrogens (primary N) is 1. The Morgan fingerprint density at radius 2 is 1.85 bits per heavy atom. The van der Waals surface area contributed by atoms with Crippen LogP contribution < -0.4 is 5.73 Å². The van der Waals surface area contributed by atoms with E-state index in [0.29, 0.717) is 17.4 Å². The van der Waals surface area contributed by atoms with Gasteiger partial charge < -0.3 is 15.5 Å². The molecule has 1 heterocycles. The van der Waals surface area contributed by atoms with Gasteiger partial charge in [0.05, 0.1) is 0 Å². The molecule has 0 aromatic heterocycles. The van der Waals surface area contributed by atoms with Crippen molar-refractivity contribution in [3.8, 4) is 0 Å². The van der Waals surface area contributed by atoms with Crippen LogP contribution in [-0.4, -0.2) is 55.6 Å². The fourth-order valence-electron chi connectivity index (χ4n) is 4.02. The molecule has 3 heteroatoms. The van der Waals surface area contributed by atoms with Crippen LogP contribution in [0.5, 0.6) is 0 Å². The van der Waals surface area contributed by atoms with E-state index in [2.05, 4.69) is 44.7 Å². The van der Waals surface area contributed by atoms with Crippen molar-refractivity contribution < 1.29 is 0 Å². The molecule has 0 amide bonds. The van der Waals surface area contributed by atoms with Crippen LogP contribution in [-0.2, 0) is 0 Å². The van der Waals surface area contributed by atoms with Crippen LogP contribution in [0.15, 0.2) is 0 Å². The van der Waals surface area contributed by atoms with Gasteiger partial charge in [0.1, 0.15) is 0 Å². The summed E-state index contributed by atoms with van der Waals surface area (Å²) in [7, 11) is 4.41. The number of nitrogens with zero attached hydrogens (tertiary/aromatic N) is 2. The summed E-state index contributed by atoms with van der Waals surface area (Å²) >= 11 is 0. The van der Waals surface area contributed by atoms with Gasteiger partial charge in [-0.05, 0) is 63.6 Å². The third kappa shape index (κ3) is 3.96. The summed E-state index contributed by atoms with van der Waals surface area (Å²) in [5, 5.41) is 0. The first kappa shape index (κ1) is 16.3. The molecule has 1 aliphatic carbocycles. The average molecular weight is 281 g/mol. The van der Waals surface area contributed by atoms with Gasteiger partial charge in [-0.2, -0.15) is 0 Å². The van der Waals surface area contributed by atoms with Crippen LogP contribution in [0.4, 0.5) is 0 Å². The van der Waals surface area contributed by atoms with Crippen LogP contribution in [0, 0.1) is 17.3 Å². The summed E-state index contributed by atoms with van der Waals surface area (Å²) < 4.78 is 0. The summed E-state index contributed by atoms with van der Waals surface area (Å²) in [5.74, 6) is 1.55. The van der Waals surface area contributed by atoms with E-state index in [4.69, 9.17) is 5.73 Å². The van der Waals surface area contributed by atoms with Crippen molar-refractivity contribution in [3.05, 3.63) is 0 Å². The van der Waals surface area contributed by atoms with Crippen LogP contribution in [0.1, 0.15) is 46.5 Å². The molecule has 0 bridgehead atoms. The van der Waals surface area contributed by atoms with Gasteiger partial charge in [-0.3, -0.25) is 0 Å². The van der Waals surface area contributed by atoms with E-state index >= 15 is 0 Å². The fraction of sp³-hybridized carbons (Fsp3) is 1.00. The Labute approximate surface area is 125 Å². The third-order valence-electron chi connectivity index (χ3n) is 5.74. The molecular weight excluding hydrogens is 246 g/mol. The summed E-state index contributed by atoms with van der Waals surface area (Å²) in [4.78, 5) is 5.03. The zero-order chi connectivity index (χ0) is 14.9. The lowest BCUT2D eigenvalue weighted by atomic mass is 9.67. The van der Waals surface area contributed by atoms with Crippen LogP contribution in [0.25, 0.3) is 0 Å². The Balaban J connectivity index is 1.88. The zero-order valence-corrected chi connectivity index (χ0v) is 14.2. The number of likely N-dealkylation sites (tertiary alicyclic amines) is 1.